The van der Waals surface area contributed by atoms with Crippen molar-refractivity contribution in [1.82, 2.24) is 0 Å². The lowest BCUT2D eigenvalue weighted by atomic mass is 10.4. The summed E-state index contributed by atoms with van der Waals surface area (Å²) in [6.45, 7) is 4.80. The molecule has 0 aliphatic carbocycles. The van der Waals surface area contributed by atoms with Gasteiger partial charge in [0.25, 0.3) is 0 Å². The first-order valence-corrected chi connectivity index (χ1v) is 2.16. The van der Waals surface area contributed by atoms with E-state index >= 15 is 0 Å². The summed E-state index contributed by atoms with van der Waals surface area (Å²) in [5.74, 6) is 0.289. The molecule has 0 amide bonds. The Balaban J connectivity index is 3.94. The number of nitrogens with one attached hydrogen (secondary N) is 1. The van der Waals surface area contributed by atoms with Gasteiger partial charge in [0.1, 0.15) is 5.82 Å². The Morgan fingerprint density at radius 2 is 2.38 bits per heavy atom. The fraction of sp³-hybridized carbons (Fsp3) is 0.200. The highest BCUT2D eigenvalue weighted by atomic mass is 14.9. The van der Waals surface area contributed by atoms with Crippen LogP contribution in [0.25, 0.3) is 0 Å². The van der Waals surface area contributed by atoms with Crippen LogP contribution in [0.1, 0.15) is 6.92 Å². The molecule has 8 heavy (non-hydrogen) atoms. The topological polar surface area (TPSA) is 62.2 Å². The first-order valence-electron chi connectivity index (χ1n) is 2.16. The fourth-order valence-electron chi connectivity index (χ4n) is 0.267. The molecule has 44 valence electrons. The molecule has 0 saturated carbocycles. The summed E-state index contributed by atoms with van der Waals surface area (Å²) >= 11 is 0. The smallest absolute Gasteiger partial charge is 0.124 e. The van der Waals surface area contributed by atoms with Gasteiger partial charge >= 0.3 is 0 Å². The van der Waals surface area contributed by atoms with Gasteiger partial charge in [-0.25, -0.2) is 4.99 Å². The van der Waals surface area contributed by atoms with E-state index in [2.05, 4.69) is 11.7 Å². The summed E-state index contributed by atoms with van der Waals surface area (Å²) in [6.07, 6.45) is 1.44. The van der Waals surface area contributed by atoms with E-state index in [0.29, 0.717) is 5.71 Å². The van der Waals surface area contributed by atoms with E-state index in [1.54, 1.807) is 6.92 Å². The predicted molar refractivity (Wildman–Crippen MR) is 35.2 cm³/mol. The Labute approximate surface area is 48.4 Å². The zero-order valence-electron chi connectivity index (χ0n) is 4.81. The van der Waals surface area contributed by atoms with Crippen LogP contribution in [0.3, 0.4) is 0 Å². The first kappa shape index (κ1) is 6.88. The van der Waals surface area contributed by atoms with Gasteiger partial charge in [-0.2, -0.15) is 0 Å². The van der Waals surface area contributed by atoms with Gasteiger partial charge < -0.3 is 11.1 Å². The second kappa shape index (κ2) is 2.96. The van der Waals surface area contributed by atoms with Crippen LogP contribution in [0.15, 0.2) is 16.9 Å². The average Bonchev–Trinajstić information content (AvgIpc) is 1.65. The molecule has 3 N–H and O–H groups in total. The van der Waals surface area contributed by atoms with Gasteiger partial charge in [-0.1, -0.05) is 0 Å². The Morgan fingerprint density at radius 3 is 2.50 bits per heavy atom. The third-order valence-electron chi connectivity index (χ3n) is 0.547. The molecule has 0 aromatic carbocycles. The lowest BCUT2D eigenvalue weighted by molar-refractivity contribution is 1.26. The van der Waals surface area contributed by atoms with E-state index in [-0.39, 0.29) is 5.82 Å². The molecule has 0 aromatic heterocycles. The van der Waals surface area contributed by atoms with E-state index in [1.165, 1.54) is 6.08 Å². The van der Waals surface area contributed by atoms with E-state index in [9.17, 15) is 0 Å². The molecule has 0 bridgehead atoms. The fourth-order valence-corrected chi connectivity index (χ4v) is 0.267. The summed E-state index contributed by atoms with van der Waals surface area (Å²) < 4.78 is 0. The molecule has 0 unspecified atom stereocenters. The maximum Gasteiger partial charge on any atom is 0.124 e. The standard InChI is InChI=1S/C5H9N3/c1-4(6)3-5(7)8-2/h3,6H,2,7H2,1H3/b5-3-,6-4?. The van der Waals surface area contributed by atoms with Gasteiger partial charge in [0.05, 0.1) is 0 Å². The molecule has 0 aliphatic rings. The number of allylic oxidation sites excluding steroid dienone is 1. The van der Waals surface area contributed by atoms with Gasteiger partial charge in [-0.3, -0.25) is 0 Å². The van der Waals surface area contributed by atoms with Crippen LogP contribution in [-0.2, 0) is 0 Å². The van der Waals surface area contributed by atoms with E-state index in [4.69, 9.17) is 11.1 Å². The summed E-state index contributed by atoms with van der Waals surface area (Å²) in [5, 5.41) is 6.88. The Bertz CT molecular complexity index is 135. The van der Waals surface area contributed by atoms with Crippen LogP contribution < -0.4 is 5.73 Å². The zero-order chi connectivity index (χ0) is 6.57. The molecule has 3 nitrogen and oxygen atoms in total. The summed E-state index contributed by atoms with van der Waals surface area (Å²) in [7, 11) is 0. The van der Waals surface area contributed by atoms with Gasteiger partial charge in [-0.15, -0.1) is 0 Å². The molecular formula is C5H9N3. The predicted octanol–water partition coefficient (Wildman–Crippen LogP) is 0.527. The lowest BCUT2D eigenvalue weighted by Crippen LogP contribution is -1.95. The third-order valence-corrected chi connectivity index (χ3v) is 0.547. The second-order valence-electron chi connectivity index (χ2n) is 1.41. The number of nitrogens with two attached hydrogens (primary N) is 1. The van der Waals surface area contributed by atoms with Crippen molar-refractivity contribution < 1.29 is 0 Å². The SMILES string of the molecule is C=N/C(N)=C\C(C)=N. The second-order valence-corrected chi connectivity index (χ2v) is 1.41. The van der Waals surface area contributed by atoms with Crippen LogP contribution in [0.2, 0.25) is 0 Å². The number of hydrogen-bond donors (Lipinski definition) is 2. The normalized spacial score (nSPS) is 10.9. The van der Waals surface area contributed by atoms with Crippen molar-refractivity contribution in [2.45, 2.75) is 6.92 Å². The minimum absolute atomic E-state index is 0.289. The number of nitrogens with zero attached hydrogens (tertiary/aromatic N) is 1. The zero-order valence-corrected chi connectivity index (χ0v) is 4.81. The maximum atomic E-state index is 6.88. The van der Waals surface area contributed by atoms with Crippen LogP contribution in [0.4, 0.5) is 0 Å². The van der Waals surface area contributed by atoms with E-state index in [0.717, 1.165) is 0 Å². The van der Waals surface area contributed by atoms with Crippen molar-refractivity contribution in [3.63, 3.8) is 0 Å². The number of rotatable bonds is 2. The Morgan fingerprint density at radius 1 is 1.88 bits per heavy atom. The van der Waals surface area contributed by atoms with Crippen molar-refractivity contribution in [3.8, 4) is 0 Å². The van der Waals surface area contributed by atoms with Crippen molar-refractivity contribution in [3.05, 3.63) is 11.9 Å². The van der Waals surface area contributed by atoms with Gasteiger partial charge in [-0.05, 0) is 13.6 Å². The quantitative estimate of drug-likeness (QED) is 0.501. The lowest BCUT2D eigenvalue weighted by Gasteiger charge is -1.86. The van der Waals surface area contributed by atoms with Crippen LogP contribution in [-0.4, -0.2) is 12.4 Å². The van der Waals surface area contributed by atoms with Crippen LogP contribution in [0.5, 0.6) is 0 Å². The van der Waals surface area contributed by atoms with Crippen LogP contribution in [0, 0.1) is 5.41 Å². The van der Waals surface area contributed by atoms with E-state index in [1.807, 2.05) is 0 Å². The molecule has 3 heteroatoms. The molecule has 0 atom stereocenters. The number of hydrogen-bond acceptors (Lipinski definition) is 3. The van der Waals surface area contributed by atoms with Gasteiger partial charge in [0.15, 0.2) is 0 Å². The minimum Gasteiger partial charge on any atom is -0.384 e. The molecular weight excluding hydrogens is 102 g/mol. The molecule has 0 rings (SSSR count). The molecule has 0 heterocycles. The number of aliphatic imine (C=N–C) groups is 1. The van der Waals surface area contributed by atoms with Crippen molar-refractivity contribution in [2.75, 3.05) is 0 Å². The maximum absolute atomic E-state index is 6.88. The van der Waals surface area contributed by atoms with E-state index < -0.39 is 0 Å². The first-order chi connectivity index (χ1) is 3.66. The average molecular weight is 111 g/mol. The van der Waals surface area contributed by atoms with Crippen molar-refractivity contribution in [2.24, 2.45) is 10.7 Å². The molecule has 0 aliphatic heterocycles. The third kappa shape index (κ3) is 3.08. The van der Waals surface area contributed by atoms with Gasteiger partial charge in [0, 0.05) is 11.8 Å². The molecule has 0 aromatic rings. The highest BCUT2D eigenvalue weighted by Gasteiger charge is 1.80. The van der Waals surface area contributed by atoms with Crippen LogP contribution >= 0.6 is 0 Å². The summed E-state index contributed by atoms with van der Waals surface area (Å²) in [5.41, 5.74) is 5.55. The van der Waals surface area contributed by atoms with Crippen molar-refractivity contribution >= 4 is 12.4 Å². The Kier molecular flexibility index (Phi) is 2.54. The monoisotopic (exact) mass is 111 g/mol. The highest BCUT2D eigenvalue weighted by Crippen LogP contribution is 1.82. The minimum atomic E-state index is 0.289. The molecule has 0 spiro atoms. The summed E-state index contributed by atoms with van der Waals surface area (Å²) in [4.78, 5) is 3.38. The molecule has 0 fully saturated rings. The van der Waals surface area contributed by atoms with Gasteiger partial charge in [0.2, 0.25) is 0 Å². The Hall–Kier alpha value is -1.12. The largest absolute Gasteiger partial charge is 0.384 e. The molecule has 0 radical (unpaired) electrons. The van der Waals surface area contributed by atoms with Crippen molar-refractivity contribution in [1.29, 1.82) is 5.41 Å². The highest BCUT2D eigenvalue weighted by molar-refractivity contribution is 5.90. The molecule has 0 saturated heterocycles. The summed E-state index contributed by atoms with van der Waals surface area (Å²) in [6, 6.07) is 0.